The van der Waals surface area contributed by atoms with Crippen molar-refractivity contribution < 1.29 is 9.59 Å². The van der Waals surface area contributed by atoms with E-state index in [9.17, 15) is 9.59 Å². The lowest BCUT2D eigenvalue weighted by Crippen LogP contribution is -2.17. The SMILES string of the molecule is O=C1NC(=O)C(=Cc2ccc3c(c2)c2ccccc2n3Cc2ccc(-c3ccccc3)cc2)S1. The van der Waals surface area contributed by atoms with Crippen molar-refractivity contribution in [2.24, 2.45) is 0 Å². The van der Waals surface area contributed by atoms with Gasteiger partial charge in [0.05, 0.1) is 4.91 Å². The van der Waals surface area contributed by atoms with Gasteiger partial charge in [-0.15, -0.1) is 0 Å². The van der Waals surface area contributed by atoms with Gasteiger partial charge in [-0.1, -0.05) is 78.9 Å². The summed E-state index contributed by atoms with van der Waals surface area (Å²) in [5.41, 5.74) is 6.84. The average Bonchev–Trinajstić information content (AvgIpc) is 3.35. The second-order valence-corrected chi connectivity index (χ2v) is 9.31. The molecule has 0 atom stereocenters. The quantitative estimate of drug-likeness (QED) is 0.299. The normalized spacial score (nSPS) is 14.9. The zero-order valence-electron chi connectivity index (χ0n) is 18.2. The van der Waals surface area contributed by atoms with Gasteiger partial charge < -0.3 is 4.57 Å². The van der Waals surface area contributed by atoms with Gasteiger partial charge in [0.2, 0.25) is 0 Å². The van der Waals surface area contributed by atoms with E-state index in [0.717, 1.165) is 40.3 Å². The van der Waals surface area contributed by atoms with Crippen LogP contribution in [0.2, 0.25) is 0 Å². The molecule has 4 nitrogen and oxygen atoms in total. The van der Waals surface area contributed by atoms with Crippen molar-refractivity contribution in [3.8, 4) is 11.1 Å². The van der Waals surface area contributed by atoms with E-state index in [0.29, 0.717) is 4.91 Å². The number of nitrogens with zero attached hydrogens (tertiary/aromatic N) is 1. The number of thioether (sulfide) groups is 1. The first kappa shape index (κ1) is 20.5. The third kappa shape index (κ3) is 3.70. The Labute approximate surface area is 200 Å². The molecule has 0 aliphatic carbocycles. The topological polar surface area (TPSA) is 51.1 Å². The van der Waals surface area contributed by atoms with Crippen LogP contribution in [0, 0.1) is 0 Å². The minimum absolute atomic E-state index is 0.327. The van der Waals surface area contributed by atoms with Crippen molar-refractivity contribution in [1.29, 1.82) is 0 Å². The van der Waals surface area contributed by atoms with Crippen LogP contribution in [0.3, 0.4) is 0 Å². The monoisotopic (exact) mass is 460 g/mol. The molecule has 1 aliphatic heterocycles. The number of benzene rings is 4. The van der Waals surface area contributed by atoms with Gasteiger partial charge in [-0.3, -0.25) is 14.9 Å². The first-order valence-electron chi connectivity index (χ1n) is 11.1. The number of hydrogen-bond acceptors (Lipinski definition) is 3. The smallest absolute Gasteiger partial charge is 0.290 e. The summed E-state index contributed by atoms with van der Waals surface area (Å²) in [4.78, 5) is 23.9. The predicted molar refractivity (Wildman–Crippen MR) is 140 cm³/mol. The van der Waals surface area contributed by atoms with E-state index in [4.69, 9.17) is 0 Å². The number of nitrogens with one attached hydrogen (secondary N) is 1. The maximum absolute atomic E-state index is 12.0. The molecule has 0 radical (unpaired) electrons. The Hall–Kier alpha value is -4.09. The molecule has 2 heterocycles. The van der Waals surface area contributed by atoms with E-state index in [1.165, 1.54) is 22.1 Å². The highest BCUT2D eigenvalue weighted by atomic mass is 32.2. The van der Waals surface area contributed by atoms with Gasteiger partial charge in [0, 0.05) is 28.4 Å². The highest BCUT2D eigenvalue weighted by molar-refractivity contribution is 8.18. The fourth-order valence-corrected chi connectivity index (χ4v) is 5.20. The molecule has 164 valence electrons. The first-order valence-corrected chi connectivity index (χ1v) is 11.9. The van der Waals surface area contributed by atoms with E-state index >= 15 is 0 Å². The summed E-state index contributed by atoms with van der Waals surface area (Å²) in [6.45, 7) is 0.756. The van der Waals surface area contributed by atoms with Crippen LogP contribution in [0.5, 0.6) is 0 Å². The number of rotatable bonds is 4. The molecule has 0 bridgehead atoms. The Morgan fingerprint density at radius 2 is 1.44 bits per heavy atom. The summed E-state index contributed by atoms with van der Waals surface area (Å²) < 4.78 is 2.33. The molecule has 1 aliphatic rings. The predicted octanol–water partition coefficient (Wildman–Crippen LogP) is 6.83. The van der Waals surface area contributed by atoms with E-state index in [-0.39, 0.29) is 11.1 Å². The molecular weight excluding hydrogens is 440 g/mol. The van der Waals surface area contributed by atoms with Crippen LogP contribution in [0.25, 0.3) is 39.0 Å². The minimum Gasteiger partial charge on any atom is -0.336 e. The van der Waals surface area contributed by atoms with Crippen molar-refractivity contribution in [3.05, 3.63) is 113 Å². The van der Waals surface area contributed by atoms with Gasteiger partial charge in [-0.25, -0.2) is 0 Å². The van der Waals surface area contributed by atoms with E-state index in [2.05, 4.69) is 88.7 Å². The highest BCUT2D eigenvalue weighted by Gasteiger charge is 2.25. The first-order chi connectivity index (χ1) is 16.7. The van der Waals surface area contributed by atoms with Gasteiger partial charge >= 0.3 is 0 Å². The van der Waals surface area contributed by atoms with Crippen molar-refractivity contribution in [3.63, 3.8) is 0 Å². The van der Waals surface area contributed by atoms with E-state index in [1.54, 1.807) is 6.08 Å². The molecule has 6 rings (SSSR count). The summed E-state index contributed by atoms with van der Waals surface area (Å²) >= 11 is 0.940. The molecule has 2 amide bonds. The molecule has 1 N–H and O–H groups in total. The average molecular weight is 461 g/mol. The molecule has 5 aromatic rings. The zero-order valence-corrected chi connectivity index (χ0v) is 19.0. The molecule has 0 saturated carbocycles. The van der Waals surface area contributed by atoms with Crippen LogP contribution in [0.15, 0.2) is 102 Å². The standard InChI is InChI=1S/C29H20N2O2S/c32-28-27(34-29(33)30-28)17-20-12-15-26-24(16-20)23-8-4-5-9-25(23)31(26)18-19-10-13-22(14-11-19)21-6-2-1-3-7-21/h1-17H,18H2,(H,30,32,33). The third-order valence-corrected chi connectivity index (χ3v) is 6.95. The minimum atomic E-state index is -0.337. The lowest BCUT2D eigenvalue weighted by Gasteiger charge is -2.09. The van der Waals surface area contributed by atoms with Crippen LogP contribution >= 0.6 is 11.8 Å². The number of aromatic nitrogens is 1. The number of para-hydroxylation sites is 1. The third-order valence-electron chi connectivity index (χ3n) is 6.14. The summed E-state index contributed by atoms with van der Waals surface area (Å²) in [5.74, 6) is -0.337. The van der Waals surface area contributed by atoms with Crippen molar-refractivity contribution in [2.75, 3.05) is 0 Å². The van der Waals surface area contributed by atoms with Crippen LogP contribution in [-0.2, 0) is 11.3 Å². The van der Waals surface area contributed by atoms with Crippen LogP contribution in [0.4, 0.5) is 4.79 Å². The van der Waals surface area contributed by atoms with E-state index in [1.807, 2.05) is 18.2 Å². The van der Waals surface area contributed by atoms with Crippen molar-refractivity contribution in [2.45, 2.75) is 6.54 Å². The molecular formula is C29H20N2O2S. The maximum atomic E-state index is 12.0. The summed E-state index contributed by atoms with van der Waals surface area (Å²) in [6.07, 6.45) is 1.78. The van der Waals surface area contributed by atoms with Gasteiger partial charge in [0.1, 0.15) is 0 Å². The molecule has 4 aromatic carbocycles. The number of amides is 2. The Bertz CT molecular complexity index is 1600. The lowest BCUT2D eigenvalue weighted by molar-refractivity contribution is -0.115. The van der Waals surface area contributed by atoms with Gasteiger partial charge in [0.15, 0.2) is 0 Å². The summed E-state index contributed by atoms with van der Waals surface area (Å²) in [5, 5.41) is 4.28. The van der Waals surface area contributed by atoms with E-state index < -0.39 is 0 Å². The van der Waals surface area contributed by atoms with Crippen molar-refractivity contribution in [1.82, 2.24) is 9.88 Å². The molecule has 5 heteroatoms. The summed E-state index contributed by atoms with van der Waals surface area (Å²) in [7, 11) is 0. The molecule has 0 unspecified atom stereocenters. The number of fused-ring (bicyclic) bond motifs is 3. The van der Waals surface area contributed by atoms with Gasteiger partial charge in [-0.05, 0) is 58.3 Å². The highest BCUT2D eigenvalue weighted by Crippen LogP contribution is 2.32. The molecule has 1 saturated heterocycles. The molecule has 1 aromatic heterocycles. The second-order valence-electron chi connectivity index (χ2n) is 8.30. The molecule has 34 heavy (non-hydrogen) atoms. The number of carbonyl (C=O) groups is 2. The number of carbonyl (C=O) groups excluding carboxylic acids is 2. The summed E-state index contributed by atoms with van der Waals surface area (Å²) in [6, 6.07) is 33.7. The van der Waals surface area contributed by atoms with Crippen LogP contribution < -0.4 is 5.32 Å². The van der Waals surface area contributed by atoms with Gasteiger partial charge in [0.25, 0.3) is 11.1 Å². The Kier molecular flexibility index (Phi) is 5.04. The Morgan fingerprint density at radius 3 is 2.21 bits per heavy atom. The zero-order chi connectivity index (χ0) is 23.1. The fourth-order valence-electron chi connectivity index (χ4n) is 4.52. The van der Waals surface area contributed by atoms with Crippen LogP contribution in [-0.4, -0.2) is 15.7 Å². The number of imide groups is 1. The lowest BCUT2D eigenvalue weighted by atomic mass is 10.0. The number of hydrogen-bond donors (Lipinski definition) is 1. The maximum Gasteiger partial charge on any atom is 0.290 e. The molecule has 1 fully saturated rings. The van der Waals surface area contributed by atoms with Crippen LogP contribution in [0.1, 0.15) is 11.1 Å². The van der Waals surface area contributed by atoms with Crippen molar-refractivity contribution >= 4 is 50.8 Å². The Balaban J connectivity index is 1.39. The second kappa shape index (κ2) is 8.36. The fraction of sp³-hybridized carbons (Fsp3) is 0.0345. The van der Waals surface area contributed by atoms with Gasteiger partial charge in [-0.2, -0.15) is 0 Å². The largest absolute Gasteiger partial charge is 0.336 e. The Morgan fingerprint density at radius 1 is 0.735 bits per heavy atom. The molecule has 0 spiro atoms.